The second-order valence-corrected chi connectivity index (χ2v) is 4.05. The quantitative estimate of drug-likeness (QED) is 0.749. The molecule has 3 nitrogen and oxygen atoms in total. The topological polar surface area (TPSA) is 38.9 Å². The van der Waals surface area contributed by atoms with Gasteiger partial charge in [-0.15, -0.1) is 0 Å². The number of aryl methyl sites for hydroxylation is 2. The molecule has 4 heteroatoms. The predicted octanol–water partition coefficient (Wildman–Crippen LogP) is 3.57. The molecule has 0 radical (unpaired) electrons. The van der Waals surface area contributed by atoms with E-state index >= 15 is 0 Å². The molecular weight excluding hydrogens is 224 g/mol. The standard InChI is InChI=1S/C12H13ClN2O/c1-4-9-8(3)11(13)15-12(14-9)10-7(2)5-6-16-10/h5-6H,4H2,1-3H3. The van der Waals surface area contributed by atoms with E-state index in [1.165, 1.54) is 0 Å². The Morgan fingerprint density at radius 1 is 1.31 bits per heavy atom. The van der Waals surface area contributed by atoms with Gasteiger partial charge in [0.1, 0.15) is 5.15 Å². The van der Waals surface area contributed by atoms with Gasteiger partial charge in [-0.25, -0.2) is 9.97 Å². The number of hydrogen-bond donors (Lipinski definition) is 0. The third-order valence-corrected chi connectivity index (χ3v) is 2.96. The molecule has 0 saturated carbocycles. The molecule has 0 N–H and O–H groups in total. The van der Waals surface area contributed by atoms with Crippen LogP contribution in [0.1, 0.15) is 23.7 Å². The van der Waals surface area contributed by atoms with Crippen LogP contribution in [0.3, 0.4) is 0 Å². The van der Waals surface area contributed by atoms with Gasteiger partial charge >= 0.3 is 0 Å². The maximum atomic E-state index is 6.07. The van der Waals surface area contributed by atoms with Crippen molar-refractivity contribution in [2.45, 2.75) is 27.2 Å². The Labute approximate surface area is 99.5 Å². The fourth-order valence-electron chi connectivity index (χ4n) is 1.58. The summed E-state index contributed by atoms with van der Waals surface area (Å²) in [6.45, 7) is 5.94. The summed E-state index contributed by atoms with van der Waals surface area (Å²) in [6.07, 6.45) is 2.47. The highest BCUT2D eigenvalue weighted by Gasteiger charge is 2.13. The molecule has 0 fully saturated rings. The average molecular weight is 237 g/mol. The summed E-state index contributed by atoms with van der Waals surface area (Å²) in [5, 5.41) is 0.498. The van der Waals surface area contributed by atoms with Crippen molar-refractivity contribution in [1.82, 2.24) is 9.97 Å². The second kappa shape index (κ2) is 4.26. The van der Waals surface area contributed by atoms with Crippen molar-refractivity contribution < 1.29 is 4.42 Å². The van der Waals surface area contributed by atoms with Gasteiger partial charge in [0.15, 0.2) is 11.6 Å². The van der Waals surface area contributed by atoms with Gasteiger partial charge in [0.2, 0.25) is 0 Å². The van der Waals surface area contributed by atoms with Crippen LogP contribution in [0.2, 0.25) is 5.15 Å². The Balaban J connectivity index is 2.59. The van der Waals surface area contributed by atoms with Crippen LogP contribution in [0.25, 0.3) is 11.6 Å². The van der Waals surface area contributed by atoms with Crippen molar-refractivity contribution in [2.75, 3.05) is 0 Å². The van der Waals surface area contributed by atoms with Crippen molar-refractivity contribution in [3.63, 3.8) is 0 Å². The molecule has 0 amide bonds. The fourth-order valence-corrected chi connectivity index (χ4v) is 1.77. The first-order chi connectivity index (χ1) is 7.63. The highest BCUT2D eigenvalue weighted by molar-refractivity contribution is 6.30. The minimum absolute atomic E-state index is 0.498. The van der Waals surface area contributed by atoms with Crippen LogP contribution in [0.4, 0.5) is 0 Å². The molecule has 0 aliphatic heterocycles. The molecule has 0 bridgehead atoms. The molecule has 0 unspecified atom stereocenters. The van der Waals surface area contributed by atoms with Gasteiger partial charge in [-0.2, -0.15) is 0 Å². The zero-order valence-electron chi connectivity index (χ0n) is 9.54. The van der Waals surface area contributed by atoms with Gasteiger partial charge < -0.3 is 4.42 Å². The van der Waals surface area contributed by atoms with Crippen LogP contribution in [0, 0.1) is 13.8 Å². The fraction of sp³-hybridized carbons (Fsp3) is 0.333. The first kappa shape index (κ1) is 11.1. The second-order valence-electron chi connectivity index (χ2n) is 3.70. The lowest BCUT2D eigenvalue weighted by Crippen LogP contribution is -1.99. The van der Waals surface area contributed by atoms with Crippen LogP contribution in [0.15, 0.2) is 16.7 Å². The van der Waals surface area contributed by atoms with Gasteiger partial charge in [0.05, 0.1) is 6.26 Å². The normalized spacial score (nSPS) is 10.8. The van der Waals surface area contributed by atoms with E-state index in [2.05, 4.69) is 9.97 Å². The van der Waals surface area contributed by atoms with E-state index in [4.69, 9.17) is 16.0 Å². The van der Waals surface area contributed by atoms with Crippen LogP contribution in [-0.4, -0.2) is 9.97 Å². The number of furan rings is 1. The largest absolute Gasteiger partial charge is 0.461 e. The minimum Gasteiger partial charge on any atom is -0.461 e. The highest BCUT2D eigenvalue weighted by Crippen LogP contribution is 2.25. The number of hydrogen-bond acceptors (Lipinski definition) is 3. The molecule has 16 heavy (non-hydrogen) atoms. The van der Waals surface area contributed by atoms with Gasteiger partial charge in [-0.05, 0) is 31.9 Å². The third-order valence-electron chi connectivity index (χ3n) is 2.59. The Morgan fingerprint density at radius 2 is 2.06 bits per heavy atom. The van der Waals surface area contributed by atoms with Crippen LogP contribution in [0.5, 0.6) is 0 Å². The van der Waals surface area contributed by atoms with E-state index in [1.807, 2.05) is 26.8 Å². The molecule has 2 aromatic heterocycles. The lowest BCUT2D eigenvalue weighted by atomic mass is 10.2. The number of nitrogens with zero attached hydrogens (tertiary/aromatic N) is 2. The predicted molar refractivity (Wildman–Crippen MR) is 63.6 cm³/mol. The van der Waals surface area contributed by atoms with Crippen molar-refractivity contribution in [3.8, 4) is 11.6 Å². The first-order valence-electron chi connectivity index (χ1n) is 5.21. The zero-order valence-corrected chi connectivity index (χ0v) is 10.3. The van der Waals surface area contributed by atoms with Crippen molar-refractivity contribution in [1.29, 1.82) is 0 Å². The molecule has 0 aromatic carbocycles. The molecule has 2 heterocycles. The van der Waals surface area contributed by atoms with Crippen molar-refractivity contribution >= 4 is 11.6 Å². The summed E-state index contributed by atoms with van der Waals surface area (Å²) >= 11 is 6.07. The number of rotatable bonds is 2. The number of halogens is 1. The Morgan fingerprint density at radius 3 is 2.62 bits per heavy atom. The molecule has 2 aromatic rings. The van der Waals surface area contributed by atoms with Crippen LogP contribution < -0.4 is 0 Å². The minimum atomic E-state index is 0.498. The smallest absolute Gasteiger partial charge is 0.197 e. The van der Waals surface area contributed by atoms with Crippen molar-refractivity contribution in [3.05, 3.63) is 34.3 Å². The lowest BCUT2D eigenvalue weighted by molar-refractivity contribution is 0.575. The summed E-state index contributed by atoms with van der Waals surface area (Å²) < 4.78 is 5.36. The highest BCUT2D eigenvalue weighted by atomic mass is 35.5. The monoisotopic (exact) mass is 236 g/mol. The summed E-state index contributed by atoms with van der Waals surface area (Å²) in [6, 6.07) is 1.89. The maximum Gasteiger partial charge on any atom is 0.197 e. The summed E-state index contributed by atoms with van der Waals surface area (Å²) in [7, 11) is 0. The maximum absolute atomic E-state index is 6.07. The van der Waals surface area contributed by atoms with Crippen LogP contribution >= 0.6 is 11.6 Å². The summed E-state index contributed by atoms with van der Waals surface area (Å²) in [5.41, 5.74) is 2.92. The molecule has 0 spiro atoms. The van der Waals surface area contributed by atoms with Gasteiger partial charge in [-0.1, -0.05) is 18.5 Å². The van der Waals surface area contributed by atoms with E-state index in [0.29, 0.717) is 16.7 Å². The molecule has 0 atom stereocenters. The van der Waals surface area contributed by atoms with Crippen molar-refractivity contribution in [2.24, 2.45) is 0 Å². The SMILES string of the molecule is CCc1nc(-c2occc2C)nc(Cl)c1C. The molecule has 84 valence electrons. The van der Waals surface area contributed by atoms with E-state index in [1.54, 1.807) is 6.26 Å². The Kier molecular flexibility index (Phi) is 2.97. The van der Waals surface area contributed by atoms with Gasteiger partial charge in [0.25, 0.3) is 0 Å². The Hall–Kier alpha value is -1.35. The zero-order chi connectivity index (χ0) is 11.7. The molecule has 0 aliphatic rings. The Bertz CT molecular complexity index is 520. The summed E-state index contributed by atoms with van der Waals surface area (Å²) in [4.78, 5) is 8.71. The van der Waals surface area contributed by atoms with E-state index < -0.39 is 0 Å². The molecule has 0 saturated heterocycles. The molecular formula is C12H13ClN2O. The van der Waals surface area contributed by atoms with Gasteiger partial charge in [-0.3, -0.25) is 0 Å². The van der Waals surface area contributed by atoms with Crippen LogP contribution in [-0.2, 0) is 6.42 Å². The van der Waals surface area contributed by atoms with E-state index in [9.17, 15) is 0 Å². The van der Waals surface area contributed by atoms with Gasteiger partial charge in [0, 0.05) is 11.3 Å². The number of aromatic nitrogens is 2. The summed E-state index contributed by atoms with van der Waals surface area (Å²) in [5.74, 6) is 1.26. The average Bonchev–Trinajstić information content (AvgIpc) is 2.68. The molecule has 0 aliphatic carbocycles. The molecule has 2 rings (SSSR count). The van der Waals surface area contributed by atoms with E-state index in [-0.39, 0.29) is 0 Å². The first-order valence-corrected chi connectivity index (χ1v) is 5.58. The third kappa shape index (κ3) is 1.83. The lowest BCUT2D eigenvalue weighted by Gasteiger charge is -2.06. The van der Waals surface area contributed by atoms with E-state index in [0.717, 1.165) is 23.2 Å².